The zero-order chi connectivity index (χ0) is 19.6. The molecular weight excluding hydrogens is 363 g/mol. The van der Waals surface area contributed by atoms with Crippen LogP contribution in [0.1, 0.15) is 18.4 Å². The number of methoxy groups -OCH3 is 1. The lowest BCUT2D eigenvalue weighted by Crippen LogP contribution is -2.40. The van der Waals surface area contributed by atoms with Gasteiger partial charge in [-0.1, -0.05) is 0 Å². The van der Waals surface area contributed by atoms with E-state index in [9.17, 15) is 18.0 Å². The fraction of sp³-hybridized carbons (Fsp3) is 0.471. The Kier molecular flexibility index (Phi) is 5.36. The molecule has 1 aromatic carbocycles. The Morgan fingerprint density at radius 3 is 2.74 bits per heavy atom. The number of halogens is 3. The molecule has 27 heavy (non-hydrogen) atoms. The van der Waals surface area contributed by atoms with E-state index in [1.54, 1.807) is 0 Å². The lowest BCUT2D eigenvalue weighted by atomic mass is 10.1. The molecule has 2 aromatic rings. The zero-order valence-electron chi connectivity index (χ0n) is 14.9. The van der Waals surface area contributed by atoms with E-state index in [4.69, 9.17) is 4.74 Å². The predicted molar refractivity (Wildman–Crippen MR) is 93.8 cm³/mol. The van der Waals surface area contributed by atoms with Crippen molar-refractivity contribution in [2.24, 2.45) is 7.05 Å². The van der Waals surface area contributed by atoms with Crippen LogP contribution in [0.3, 0.4) is 0 Å². The highest BCUT2D eigenvalue weighted by atomic mass is 19.4. The number of aromatic nitrogens is 3. The van der Waals surface area contributed by atoms with Crippen molar-refractivity contribution in [3.8, 4) is 17.1 Å². The predicted octanol–water partition coefficient (Wildman–Crippen LogP) is 2.03. The van der Waals surface area contributed by atoms with Crippen LogP contribution in [-0.2, 0) is 13.2 Å². The van der Waals surface area contributed by atoms with E-state index in [-0.39, 0.29) is 29.0 Å². The Balaban J connectivity index is 1.95. The fourth-order valence-corrected chi connectivity index (χ4v) is 3.01. The highest BCUT2D eigenvalue weighted by Crippen LogP contribution is 2.36. The van der Waals surface area contributed by atoms with Crippen molar-refractivity contribution < 1.29 is 17.9 Å². The summed E-state index contributed by atoms with van der Waals surface area (Å²) in [7, 11) is 2.75. The van der Waals surface area contributed by atoms with Crippen molar-refractivity contribution in [1.29, 1.82) is 0 Å². The Labute approximate surface area is 153 Å². The maximum Gasteiger partial charge on any atom is 0.416 e. The average Bonchev–Trinajstić information content (AvgIpc) is 2.65. The number of piperidine rings is 1. The largest absolute Gasteiger partial charge is 0.496 e. The molecule has 0 spiro atoms. The Morgan fingerprint density at radius 2 is 2.11 bits per heavy atom. The molecule has 2 N–H and O–H groups in total. The van der Waals surface area contributed by atoms with E-state index in [0.717, 1.165) is 38.1 Å². The number of alkyl halides is 3. The summed E-state index contributed by atoms with van der Waals surface area (Å²) in [5, 5.41) is 14.3. The van der Waals surface area contributed by atoms with Crippen LogP contribution in [0.2, 0.25) is 0 Å². The summed E-state index contributed by atoms with van der Waals surface area (Å²) in [6, 6.07) is 3.10. The highest BCUT2D eigenvalue weighted by Gasteiger charge is 2.31. The molecule has 0 saturated carbocycles. The van der Waals surface area contributed by atoms with Gasteiger partial charge in [0.15, 0.2) is 5.82 Å². The summed E-state index contributed by atoms with van der Waals surface area (Å²) in [5.74, 6) is 0.199. The molecule has 2 heterocycles. The number of hydrogen-bond donors (Lipinski definition) is 2. The van der Waals surface area contributed by atoms with E-state index in [1.807, 2.05) is 0 Å². The van der Waals surface area contributed by atoms with Crippen LogP contribution in [0.15, 0.2) is 23.0 Å². The Hall–Kier alpha value is -2.62. The summed E-state index contributed by atoms with van der Waals surface area (Å²) >= 11 is 0. The topological polar surface area (TPSA) is 81.1 Å². The molecule has 0 aliphatic carbocycles. The van der Waals surface area contributed by atoms with Crippen molar-refractivity contribution in [1.82, 2.24) is 20.1 Å². The van der Waals surface area contributed by atoms with Crippen LogP contribution >= 0.6 is 0 Å². The van der Waals surface area contributed by atoms with Crippen LogP contribution in [0.25, 0.3) is 11.4 Å². The Bertz CT molecular complexity index is 876. The summed E-state index contributed by atoms with van der Waals surface area (Å²) in [6.07, 6.45) is -2.59. The number of ether oxygens (including phenoxy) is 1. The first-order valence-corrected chi connectivity index (χ1v) is 8.48. The number of rotatable bonds is 4. The van der Waals surface area contributed by atoms with E-state index < -0.39 is 17.3 Å². The molecule has 3 rings (SSSR count). The van der Waals surface area contributed by atoms with Gasteiger partial charge in [-0.25, -0.2) is 0 Å². The van der Waals surface area contributed by atoms with Crippen molar-refractivity contribution in [2.45, 2.75) is 25.1 Å². The first-order valence-electron chi connectivity index (χ1n) is 8.48. The van der Waals surface area contributed by atoms with Crippen LogP contribution in [0.5, 0.6) is 5.75 Å². The van der Waals surface area contributed by atoms with Crippen LogP contribution in [0, 0.1) is 0 Å². The Morgan fingerprint density at radius 1 is 1.33 bits per heavy atom. The van der Waals surface area contributed by atoms with Gasteiger partial charge in [0.2, 0.25) is 5.82 Å². The van der Waals surface area contributed by atoms with Crippen molar-refractivity contribution >= 4 is 5.82 Å². The molecule has 1 aliphatic rings. The molecule has 1 aliphatic heterocycles. The van der Waals surface area contributed by atoms with E-state index in [0.29, 0.717) is 0 Å². The molecule has 1 atom stereocenters. The third-order valence-electron chi connectivity index (χ3n) is 4.48. The van der Waals surface area contributed by atoms with Gasteiger partial charge in [-0.05, 0) is 37.6 Å². The molecule has 1 aromatic heterocycles. The third kappa shape index (κ3) is 4.05. The van der Waals surface area contributed by atoms with Gasteiger partial charge in [0.25, 0.3) is 5.56 Å². The van der Waals surface area contributed by atoms with Gasteiger partial charge in [-0.2, -0.15) is 13.2 Å². The fourth-order valence-electron chi connectivity index (χ4n) is 3.01. The summed E-state index contributed by atoms with van der Waals surface area (Å²) in [4.78, 5) is 12.6. The molecule has 146 valence electrons. The van der Waals surface area contributed by atoms with E-state index >= 15 is 0 Å². The van der Waals surface area contributed by atoms with Gasteiger partial charge in [0, 0.05) is 19.6 Å². The molecule has 1 saturated heterocycles. The van der Waals surface area contributed by atoms with Crippen LogP contribution in [-0.4, -0.2) is 41.0 Å². The molecule has 0 amide bonds. The summed E-state index contributed by atoms with van der Waals surface area (Å²) in [5.41, 5.74) is -1.000. The zero-order valence-corrected chi connectivity index (χ0v) is 14.9. The lowest BCUT2D eigenvalue weighted by molar-refractivity contribution is -0.137. The average molecular weight is 383 g/mol. The van der Waals surface area contributed by atoms with Crippen LogP contribution in [0.4, 0.5) is 19.0 Å². The maximum atomic E-state index is 12.9. The molecule has 0 radical (unpaired) electrons. The van der Waals surface area contributed by atoms with Gasteiger partial charge < -0.3 is 15.4 Å². The maximum absolute atomic E-state index is 12.9. The van der Waals surface area contributed by atoms with Gasteiger partial charge in [0.05, 0.1) is 18.2 Å². The van der Waals surface area contributed by atoms with E-state index in [2.05, 4.69) is 20.8 Å². The molecule has 10 heteroatoms. The number of anilines is 1. The second-order valence-corrected chi connectivity index (χ2v) is 6.34. The monoisotopic (exact) mass is 383 g/mol. The highest BCUT2D eigenvalue weighted by molar-refractivity contribution is 5.65. The minimum absolute atomic E-state index is 0.0358. The quantitative estimate of drug-likeness (QED) is 0.841. The normalized spacial score (nSPS) is 17.6. The summed E-state index contributed by atoms with van der Waals surface area (Å²) < 4.78 is 45.0. The van der Waals surface area contributed by atoms with Gasteiger partial charge in [-0.3, -0.25) is 9.36 Å². The van der Waals surface area contributed by atoms with Crippen molar-refractivity contribution in [3.05, 3.63) is 34.1 Å². The first kappa shape index (κ1) is 19.2. The second-order valence-electron chi connectivity index (χ2n) is 6.34. The minimum Gasteiger partial charge on any atom is -0.496 e. The molecule has 1 fully saturated rings. The van der Waals surface area contributed by atoms with E-state index in [1.165, 1.54) is 24.8 Å². The minimum atomic E-state index is -4.49. The van der Waals surface area contributed by atoms with Gasteiger partial charge >= 0.3 is 6.18 Å². The second kappa shape index (κ2) is 7.55. The number of hydrogen-bond acceptors (Lipinski definition) is 6. The SMILES string of the molecule is COc1cc(C(F)(F)F)ccc1-c1nnc(NC2CCCNC2)c(=O)n1C. The molecule has 7 nitrogen and oxygen atoms in total. The number of nitrogens with one attached hydrogen (secondary N) is 2. The van der Waals surface area contributed by atoms with Crippen molar-refractivity contribution in [2.75, 3.05) is 25.5 Å². The molecule has 0 bridgehead atoms. The summed E-state index contributed by atoms with van der Waals surface area (Å²) in [6.45, 7) is 1.66. The number of benzene rings is 1. The first-order chi connectivity index (χ1) is 12.8. The third-order valence-corrected chi connectivity index (χ3v) is 4.48. The molecule has 1 unspecified atom stereocenters. The van der Waals surface area contributed by atoms with Gasteiger partial charge in [0.1, 0.15) is 5.75 Å². The smallest absolute Gasteiger partial charge is 0.416 e. The molecular formula is C17H20F3N5O2. The van der Waals surface area contributed by atoms with Gasteiger partial charge in [-0.15, -0.1) is 10.2 Å². The van der Waals surface area contributed by atoms with Crippen LogP contribution < -0.4 is 20.9 Å². The number of nitrogens with zero attached hydrogens (tertiary/aromatic N) is 3. The standard InChI is InChI=1S/C17H20F3N5O2/c1-25-15(12-6-5-10(17(18,19)20)8-13(12)27-2)24-23-14(16(25)26)22-11-4-3-7-21-9-11/h5-6,8,11,21H,3-4,7,9H2,1-2H3,(H,22,23). The lowest BCUT2D eigenvalue weighted by Gasteiger charge is -2.24. The van der Waals surface area contributed by atoms with Crippen molar-refractivity contribution in [3.63, 3.8) is 0 Å².